The number of anilines is 1. The minimum atomic E-state index is -0.452. The van der Waals surface area contributed by atoms with Crippen LogP contribution in [0.25, 0.3) is 0 Å². The molecule has 1 aromatic carbocycles. The van der Waals surface area contributed by atoms with E-state index < -0.39 is 5.78 Å². The maximum absolute atomic E-state index is 12.6. The Labute approximate surface area is 177 Å². The van der Waals surface area contributed by atoms with Crippen LogP contribution < -0.4 is 4.90 Å². The Balaban J connectivity index is 1.59. The topological polar surface area (TPSA) is 70.4 Å². The van der Waals surface area contributed by atoms with Gasteiger partial charge in [0.05, 0.1) is 11.6 Å². The maximum Gasteiger partial charge on any atom is 0.309 e. The Bertz CT molecular complexity index is 871. The quantitative estimate of drug-likeness (QED) is 0.397. The standard InChI is InChI=1S/C23H28N2O3S/c1-23(2,3)16-11-9-15(10-12-16)22(27)28-14-19(26)17(13-24)21-25(4)18-7-5-6-8-20(18)29-21/h5-8,15-16H,9-12,14H2,1-4H3/b21-17-. The second-order valence-electron chi connectivity index (χ2n) is 8.87. The number of ether oxygens (including phenoxy) is 1. The number of nitriles is 1. The molecule has 0 aromatic heterocycles. The molecule has 1 heterocycles. The molecule has 3 rings (SSSR count). The van der Waals surface area contributed by atoms with Crippen LogP contribution >= 0.6 is 11.8 Å². The fourth-order valence-corrected chi connectivity index (χ4v) is 5.23. The van der Waals surface area contributed by atoms with Crippen molar-refractivity contribution in [3.05, 3.63) is 34.9 Å². The summed E-state index contributed by atoms with van der Waals surface area (Å²) in [6, 6.07) is 9.76. The molecular weight excluding hydrogens is 384 g/mol. The van der Waals surface area contributed by atoms with Crippen molar-refractivity contribution in [2.45, 2.75) is 51.3 Å². The van der Waals surface area contributed by atoms with Crippen molar-refractivity contribution in [3.63, 3.8) is 0 Å². The first-order valence-corrected chi connectivity index (χ1v) is 10.9. The Morgan fingerprint density at radius 1 is 1.21 bits per heavy atom. The predicted octanol–water partition coefficient (Wildman–Crippen LogP) is 4.93. The molecule has 0 atom stereocenters. The third-order valence-corrected chi connectivity index (χ3v) is 7.21. The van der Waals surface area contributed by atoms with E-state index in [0.717, 1.165) is 36.3 Å². The average Bonchev–Trinajstić information content (AvgIpc) is 3.03. The number of carbonyl (C=O) groups excluding carboxylic acids is 2. The van der Waals surface area contributed by atoms with E-state index in [-0.39, 0.29) is 29.5 Å². The molecule has 154 valence electrons. The summed E-state index contributed by atoms with van der Waals surface area (Å²) in [5.41, 5.74) is 1.25. The summed E-state index contributed by atoms with van der Waals surface area (Å²) in [6.07, 6.45) is 3.61. The molecule has 1 aliphatic carbocycles. The number of para-hydroxylation sites is 1. The largest absolute Gasteiger partial charge is 0.457 e. The van der Waals surface area contributed by atoms with E-state index in [1.165, 1.54) is 11.8 Å². The third-order valence-electron chi connectivity index (χ3n) is 5.97. The lowest BCUT2D eigenvalue weighted by Gasteiger charge is -2.36. The molecule has 0 unspecified atom stereocenters. The molecule has 29 heavy (non-hydrogen) atoms. The van der Waals surface area contributed by atoms with Crippen LogP contribution in [0.4, 0.5) is 5.69 Å². The highest BCUT2D eigenvalue weighted by Gasteiger charge is 2.34. The van der Waals surface area contributed by atoms with Crippen LogP contribution in [-0.2, 0) is 14.3 Å². The van der Waals surface area contributed by atoms with Crippen molar-refractivity contribution < 1.29 is 14.3 Å². The SMILES string of the molecule is CN1/C(=C(\C#N)C(=O)COC(=O)C2CCC(C(C)(C)C)CC2)Sc2ccccc21. The first-order valence-electron chi connectivity index (χ1n) is 10.1. The molecule has 1 fully saturated rings. The average molecular weight is 413 g/mol. The van der Waals surface area contributed by atoms with Crippen LogP contribution in [0.1, 0.15) is 46.5 Å². The molecule has 0 spiro atoms. The van der Waals surface area contributed by atoms with Crippen LogP contribution in [0.15, 0.2) is 39.8 Å². The minimum Gasteiger partial charge on any atom is -0.457 e. The van der Waals surface area contributed by atoms with Crippen molar-refractivity contribution in [2.24, 2.45) is 17.3 Å². The fourth-order valence-electron chi connectivity index (χ4n) is 4.07. The summed E-state index contributed by atoms with van der Waals surface area (Å²) in [5, 5.41) is 10.1. The van der Waals surface area contributed by atoms with Crippen molar-refractivity contribution in [3.8, 4) is 6.07 Å². The molecule has 6 heteroatoms. The van der Waals surface area contributed by atoms with Gasteiger partial charge >= 0.3 is 5.97 Å². The first kappa shape index (κ1) is 21.4. The van der Waals surface area contributed by atoms with E-state index in [0.29, 0.717) is 10.9 Å². The van der Waals surface area contributed by atoms with E-state index in [9.17, 15) is 14.9 Å². The lowest BCUT2D eigenvalue weighted by Crippen LogP contribution is -2.30. The number of nitrogens with zero attached hydrogens (tertiary/aromatic N) is 2. The number of hydrogen-bond acceptors (Lipinski definition) is 6. The van der Waals surface area contributed by atoms with E-state index in [4.69, 9.17) is 4.74 Å². The van der Waals surface area contributed by atoms with Gasteiger partial charge in [0, 0.05) is 11.9 Å². The van der Waals surface area contributed by atoms with Crippen molar-refractivity contribution in [1.29, 1.82) is 5.26 Å². The van der Waals surface area contributed by atoms with Gasteiger partial charge in [-0.25, -0.2) is 0 Å². The number of esters is 1. The molecule has 0 N–H and O–H groups in total. The molecular formula is C23H28N2O3S. The summed E-state index contributed by atoms with van der Waals surface area (Å²) in [7, 11) is 1.83. The molecule has 0 radical (unpaired) electrons. The zero-order chi connectivity index (χ0) is 21.2. The van der Waals surface area contributed by atoms with Gasteiger partial charge in [0.25, 0.3) is 0 Å². The van der Waals surface area contributed by atoms with Crippen LogP contribution in [0.3, 0.4) is 0 Å². The molecule has 0 amide bonds. The van der Waals surface area contributed by atoms with Gasteiger partial charge in [-0.15, -0.1) is 0 Å². The summed E-state index contributed by atoms with van der Waals surface area (Å²) in [6.45, 7) is 6.34. The van der Waals surface area contributed by atoms with Gasteiger partial charge in [-0.1, -0.05) is 44.7 Å². The van der Waals surface area contributed by atoms with Gasteiger partial charge in [-0.2, -0.15) is 5.26 Å². The zero-order valence-corrected chi connectivity index (χ0v) is 18.3. The number of benzene rings is 1. The molecule has 2 aliphatic rings. The van der Waals surface area contributed by atoms with Gasteiger partial charge in [-0.05, 0) is 49.1 Å². The number of ketones is 1. The summed E-state index contributed by atoms with van der Waals surface area (Å²) in [5.74, 6) is -0.304. The smallest absolute Gasteiger partial charge is 0.309 e. The second-order valence-corrected chi connectivity index (χ2v) is 9.90. The highest BCUT2D eigenvalue weighted by molar-refractivity contribution is 8.03. The molecule has 1 aromatic rings. The number of fused-ring (bicyclic) bond motifs is 1. The monoisotopic (exact) mass is 412 g/mol. The molecule has 1 aliphatic heterocycles. The Morgan fingerprint density at radius 3 is 2.45 bits per heavy atom. The van der Waals surface area contributed by atoms with Crippen molar-refractivity contribution in [1.82, 2.24) is 0 Å². The van der Waals surface area contributed by atoms with E-state index in [1.807, 2.05) is 42.3 Å². The third kappa shape index (κ3) is 4.67. The number of carbonyl (C=O) groups is 2. The molecule has 5 nitrogen and oxygen atoms in total. The predicted molar refractivity (Wildman–Crippen MR) is 114 cm³/mol. The Kier molecular flexibility index (Phi) is 6.38. The van der Waals surface area contributed by atoms with Crippen LogP contribution in [0.5, 0.6) is 0 Å². The van der Waals surface area contributed by atoms with Gasteiger partial charge in [-0.3, -0.25) is 9.59 Å². The Hall–Kier alpha value is -2.26. The van der Waals surface area contributed by atoms with Crippen molar-refractivity contribution >= 4 is 29.2 Å². The number of rotatable bonds is 4. The van der Waals surface area contributed by atoms with Gasteiger partial charge in [0.2, 0.25) is 5.78 Å². The first-order chi connectivity index (χ1) is 13.7. The summed E-state index contributed by atoms with van der Waals surface area (Å²) < 4.78 is 5.32. The second kappa shape index (κ2) is 8.62. The zero-order valence-electron chi connectivity index (χ0n) is 17.5. The van der Waals surface area contributed by atoms with Crippen molar-refractivity contribution in [2.75, 3.05) is 18.6 Å². The number of thioether (sulfide) groups is 1. The van der Waals surface area contributed by atoms with E-state index in [1.54, 1.807) is 0 Å². The van der Waals surface area contributed by atoms with Crippen LogP contribution in [0.2, 0.25) is 0 Å². The lowest BCUT2D eigenvalue weighted by molar-refractivity contribution is -0.152. The van der Waals surface area contributed by atoms with Gasteiger partial charge in [0.1, 0.15) is 16.7 Å². The molecule has 0 bridgehead atoms. The van der Waals surface area contributed by atoms with Gasteiger partial charge in [0.15, 0.2) is 6.61 Å². The maximum atomic E-state index is 12.6. The Morgan fingerprint density at radius 2 is 1.86 bits per heavy atom. The summed E-state index contributed by atoms with van der Waals surface area (Å²) >= 11 is 1.39. The summed E-state index contributed by atoms with van der Waals surface area (Å²) in [4.78, 5) is 27.9. The number of hydrogen-bond donors (Lipinski definition) is 0. The van der Waals surface area contributed by atoms with Crippen LogP contribution in [-0.4, -0.2) is 25.4 Å². The lowest BCUT2D eigenvalue weighted by atomic mass is 9.70. The van der Waals surface area contributed by atoms with Crippen LogP contribution in [0, 0.1) is 28.6 Å². The normalized spacial score (nSPS) is 23.2. The number of Topliss-reactive ketones (excluding diaryl/α,β-unsaturated/α-hetero) is 1. The fraction of sp³-hybridized carbons (Fsp3) is 0.522. The minimum absolute atomic E-state index is 0.0398. The van der Waals surface area contributed by atoms with Gasteiger partial charge < -0.3 is 9.64 Å². The molecule has 0 saturated heterocycles. The van der Waals surface area contributed by atoms with E-state index in [2.05, 4.69) is 20.8 Å². The highest BCUT2D eigenvalue weighted by Crippen LogP contribution is 2.46. The van der Waals surface area contributed by atoms with E-state index >= 15 is 0 Å². The highest BCUT2D eigenvalue weighted by atomic mass is 32.2. The molecule has 1 saturated carbocycles.